The largest absolute Gasteiger partial charge is 0.393 e. The van der Waals surface area contributed by atoms with Crippen molar-refractivity contribution >= 4 is 0 Å². The van der Waals surface area contributed by atoms with Gasteiger partial charge >= 0.3 is 0 Å². The molecule has 0 aromatic carbocycles. The van der Waals surface area contributed by atoms with Gasteiger partial charge in [-0.25, -0.2) is 0 Å². The number of aliphatic hydroxyl groups excluding tert-OH is 1. The quantitative estimate of drug-likeness (QED) is 0.647. The summed E-state index contributed by atoms with van der Waals surface area (Å²) in [6, 6.07) is 0.522. The van der Waals surface area contributed by atoms with Crippen molar-refractivity contribution in [3.05, 3.63) is 0 Å². The number of rotatable bonds is 4. The van der Waals surface area contributed by atoms with Crippen LogP contribution in [-0.4, -0.2) is 78.6 Å². The fourth-order valence-electron chi connectivity index (χ4n) is 7.08. The number of piperazine rings is 1. The van der Waals surface area contributed by atoms with Crippen LogP contribution in [0.3, 0.4) is 0 Å². The molecule has 6 unspecified atom stereocenters. The summed E-state index contributed by atoms with van der Waals surface area (Å²) in [4.78, 5) is 11.5. The molecule has 166 valence electrons. The number of aliphatic hydroxyl groups is 1. The van der Waals surface area contributed by atoms with E-state index in [0.29, 0.717) is 18.1 Å². The van der Waals surface area contributed by atoms with E-state index in [1.54, 1.807) is 0 Å². The lowest BCUT2D eigenvalue weighted by Crippen LogP contribution is -2.95. The van der Waals surface area contributed by atoms with E-state index in [1.807, 2.05) is 0 Å². The van der Waals surface area contributed by atoms with Crippen molar-refractivity contribution in [1.82, 2.24) is 15.3 Å². The second-order valence-electron chi connectivity index (χ2n) is 10.5. The highest BCUT2D eigenvalue weighted by Gasteiger charge is 2.50. The SMILES string of the molecule is OC1CCC2C(C3CCCCC3)NOC2C1CN1CCN(C2CCCC[NH2+]2)CC1. The van der Waals surface area contributed by atoms with Crippen LogP contribution in [0, 0.1) is 17.8 Å². The summed E-state index contributed by atoms with van der Waals surface area (Å²) in [5.74, 6) is 1.65. The van der Waals surface area contributed by atoms with Gasteiger partial charge in [-0.3, -0.25) is 9.74 Å². The van der Waals surface area contributed by atoms with E-state index in [0.717, 1.165) is 38.4 Å². The third-order valence-electron chi connectivity index (χ3n) is 8.83. The molecule has 0 spiro atoms. The second-order valence-corrected chi connectivity index (χ2v) is 10.5. The zero-order chi connectivity index (χ0) is 19.6. The predicted octanol–water partition coefficient (Wildman–Crippen LogP) is 0.917. The molecule has 4 N–H and O–H groups in total. The number of nitrogens with zero attached hydrogens (tertiary/aromatic N) is 2. The van der Waals surface area contributed by atoms with E-state index >= 15 is 0 Å². The van der Waals surface area contributed by atoms with Crippen molar-refractivity contribution in [2.75, 3.05) is 39.3 Å². The number of nitrogens with two attached hydrogens (primary N) is 1. The predicted molar refractivity (Wildman–Crippen MR) is 113 cm³/mol. The van der Waals surface area contributed by atoms with Gasteiger partial charge in [-0.05, 0) is 44.4 Å². The standard InChI is InChI=1S/C23H42N4O2/c28-20-10-9-18-22(17-6-2-1-3-7-17)25-29-23(18)19(20)16-26-12-14-27(15-13-26)21-8-4-5-11-24-21/h17-25,28H,1-16H2/p+1. The molecule has 2 aliphatic carbocycles. The van der Waals surface area contributed by atoms with E-state index < -0.39 is 0 Å². The first-order valence-corrected chi connectivity index (χ1v) is 12.7. The Morgan fingerprint density at radius 3 is 2.45 bits per heavy atom. The Morgan fingerprint density at radius 2 is 1.69 bits per heavy atom. The first-order valence-electron chi connectivity index (χ1n) is 12.7. The van der Waals surface area contributed by atoms with Crippen molar-refractivity contribution in [3.8, 4) is 0 Å². The zero-order valence-electron chi connectivity index (χ0n) is 18.2. The van der Waals surface area contributed by atoms with Gasteiger partial charge in [-0.1, -0.05) is 19.3 Å². The summed E-state index contributed by atoms with van der Waals surface area (Å²) >= 11 is 0. The lowest BCUT2D eigenvalue weighted by atomic mass is 9.69. The fourth-order valence-corrected chi connectivity index (χ4v) is 7.08. The monoisotopic (exact) mass is 407 g/mol. The minimum atomic E-state index is -0.201. The van der Waals surface area contributed by atoms with Gasteiger partial charge in [-0.15, -0.1) is 0 Å². The normalized spacial score (nSPS) is 43.3. The number of fused-ring (bicyclic) bond motifs is 1. The molecule has 6 nitrogen and oxygen atoms in total. The zero-order valence-corrected chi connectivity index (χ0v) is 18.2. The van der Waals surface area contributed by atoms with Crippen molar-refractivity contribution in [2.45, 2.75) is 88.6 Å². The van der Waals surface area contributed by atoms with Crippen LogP contribution in [0.5, 0.6) is 0 Å². The fraction of sp³-hybridized carbons (Fsp3) is 1.00. The lowest BCUT2D eigenvalue weighted by Gasteiger charge is -2.43. The summed E-state index contributed by atoms with van der Waals surface area (Å²) in [5, 5.41) is 13.4. The minimum Gasteiger partial charge on any atom is -0.393 e. The molecule has 5 rings (SSSR count). The van der Waals surface area contributed by atoms with Crippen LogP contribution in [0.4, 0.5) is 0 Å². The van der Waals surface area contributed by atoms with Gasteiger partial charge in [0.2, 0.25) is 0 Å². The number of quaternary nitrogens is 1. The van der Waals surface area contributed by atoms with Crippen molar-refractivity contribution in [3.63, 3.8) is 0 Å². The Kier molecular flexibility index (Phi) is 6.76. The molecule has 5 aliphatic rings. The summed E-state index contributed by atoms with van der Waals surface area (Å²) < 4.78 is 0. The maximum absolute atomic E-state index is 10.8. The van der Waals surface area contributed by atoms with Gasteiger partial charge in [0.15, 0.2) is 0 Å². The topological polar surface area (TPSA) is 64.6 Å². The molecular formula is C23H43N4O2+. The first kappa shape index (κ1) is 20.7. The first-order chi connectivity index (χ1) is 14.3. The molecule has 2 saturated carbocycles. The van der Waals surface area contributed by atoms with Crippen LogP contribution >= 0.6 is 0 Å². The van der Waals surface area contributed by atoms with Crippen molar-refractivity contribution < 1.29 is 15.3 Å². The van der Waals surface area contributed by atoms with Crippen LogP contribution in [0.1, 0.15) is 64.2 Å². The summed E-state index contributed by atoms with van der Waals surface area (Å²) in [7, 11) is 0. The van der Waals surface area contributed by atoms with Crippen LogP contribution in [-0.2, 0) is 4.84 Å². The summed E-state index contributed by atoms with van der Waals surface area (Å²) in [6.07, 6.45) is 13.8. The van der Waals surface area contributed by atoms with Crippen LogP contribution < -0.4 is 10.8 Å². The lowest BCUT2D eigenvalue weighted by molar-refractivity contribution is -0.717. The molecule has 3 heterocycles. The van der Waals surface area contributed by atoms with Crippen LogP contribution in [0.15, 0.2) is 0 Å². The van der Waals surface area contributed by atoms with Gasteiger partial charge in [0, 0.05) is 57.0 Å². The Labute approximate surface area is 176 Å². The molecule has 0 amide bonds. The second kappa shape index (κ2) is 9.49. The molecule has 0 aromatic heterocycles. The molecule has 0 bridgehead atoms. The van der Waals surface area contributed by atoms with Crippen molar-refractivity contribution in [1.29, 1.82) is 0 Å². The van der Waals surface area contributed by atoms with Gasteiger partial charge in [0.25, 0.3) is 0 Å². The number of hydroxylamine groups is 1. The van der Waals surface area contributed by atoms with Gasteiger partial charge in [0.05, 0.1) is 18.8 Å². The van der Waals surface area contributed by atoms with Crippen LogP contribution in [0.2, 0.25) is 0 Å². The highest BCUT2D eigenvalue weighted by atomic mass is 16.7. The molecule has 6 heteroatoms. The van der Waals surface area contributed by atoms with Gasteiger partial charge in [-0.2, -0.15) is 5.48 Å². The maximum Gasteiger partial charge on any atom is 0.142 e. The van der Waals surface area contributed by atoms with E-state index in [2.05, 4.69) is 20.6 Å². The van der Waals surface area contributed by atoms with Crippen molar-refractivity contribution in [2.24, 2.45) is 17.8 Å². The molecule has 29 heavy (non-hydrogen) atoms. The minimum absolute atomic E-state index is 0.201. The average Bonchev–Trinajstić information content (AvgIpc) is 3.22. The number of nitrogens with one attached hydrogen (secondary N) is 1. The van der Waals surface area contributed by atoms with E-state index in [1.165, 1.54) is 71.0 Å². The molecule has 3 saturated heterocycles. The molecule has 5 fully saturated rings. The average molecular weight is 408 g/mol. The third-order valence-corrected chi connectivity index (χ3v) is 8.83. The Hall–Kier alpha value is -0.240. The molecule has 6 atom stereocenters. The number of hydrogen-bond donors (Lipinski definition) is 3. The Balaban J connectivity index is 1.15. The number of piperidine rings is 1. The van der Waals surface area contributed by atoms with E-state index in [-0.39, 0.29) is 18.1 Å². The molecule has 0 radical (unpaired) electrons. The van der Waals surface area contributed by atoms with E-state index in [4.69, 9.17) is 4.84 Å². The summed E-state index contributed by atoms with van der Waals surface area (Å²) in [6.45, 7) is 6.96. The van der Waals surface area contributed by atoms with Gasteiger partial charge < -0.3 is 15.3 Å². The summed E-state index contributed by atoms with van der Waals surface area (Å²) in [5.41, 5.74) is 3.46. The molecule has 3 aliphatic heterocycles. The Bertz CT molecular complexity index is 515. The van der Waals surface area contributed by atoms with Gasteiger partial charge in [0.1, 0.15) is 6.17 Å². The van der Waals surface area contributed by atoms with Crippen LogP contribution in [0.25, 0.3) is 0 Å². The van der Waals surface area contributed by atoms with E-state index in [9.17, 15) is 5.11 Å². The maximum atomic E-state index is 10.8. The third kappa shape index (κ3) is 4.53. The smallest absolute Gasteiger partial charge is 0.142 e. The Morgan fingerprint density at radius 1 is 0.897 bits per heavy atom. The number of hydrogen-bond acceptors (Lipinski definition) is 5. The molecule has 0 aromatic rings. The highest BCUT2D eigenvalue weighted by Crippen LogP contribution is 2.42. The highest BCUT2D eigenvalue weighted by molar-refractivity contribution is 4.99. The molecular weight excluding hydrogens is 364 g/mol.